The van der Waals surface area contributed by atoms with Gasteiger partial charge < -0.3 is 14.8 Å². The van der Waals surface area contributed by atoms with Crippen LogP contribution in [0, 0.1) is 0 Å². The van der Waals surface area contributed by atoms with Crippen LogP contribution in [-0.4, -0.2) is 36.2 Å². The van der Waals surface area contributed by atoms with Crippen LogP contribution in [0.25, 0.3) is 10.2 Å². The van der Waals surface area contributed by atoms with Crippen molar-refractivity contribution in [2.45, 2.75) is 10.1 Å². The van der Waals surface area contributed by atoms with Crippen molar-refractivity contribution >= 4 is 44.9 Å². The van der Waals surface area contributed by atoms with E-state index in [9.17, 15) is 4.79 Å². The average molecular weight is 452 g/mol. The lowest BCUT2D eigenvalue weighted by atomic mass is 10.1. The maximum atomic E-state index is 12.7. The number of pyridine rings is 1. The van der Waals surface area contributed by atoms with Gasteiger partial charge in [-0.05, 0) is 42.0 Å². The summed E-state index contributed by atoms with van der Waals surface area (Å²) in [6.07, 6.45) is 1.62. The largest absolute Gasteiger partial charge is 0.474 e. The van der Waals surface area contributed by atoms with E-state index in [2.05, 4.69) is 21.4 Å². The van der Waals surface area contributed by atoms with Gasteiger partial charge in [0.25, 0.3) is 5.91 Å². The number of aromatic nitrogens is 2. The first-order chi connectivity index (χ1) is 15.2. The number of ether oxygens (including phenoxy) is 2. The van der Waals surface area contributed by atoms with Gasteiger partial charge in [0, 0.05) is 24.6 Å². The molecule has 0 radical (unpaired) electrons. The maximum absolute atomic E-state index is 12.7. The van der Waals surface area contributed by atoms with E-state index in [4.69, 9.17) is 9.47 Å². The molecule has 0 aliphatic heterocycles. The molecule has 0 atom stereocenters. The normalized spacial score (nSPS) is 10.9. The summed E-state index contributed by atoms with van der Waals surface area (Å²) in [6.45, 7) is 0.803. The molecule has 6 nitrogen and oxygen atoms in total. The number of nitrogens with zero attached hydrogens (tertiary/aromatic N) is 2. The van der Waals surface area contributed by atoms with Gasteiger partial charge in [-0.3, -0.25) is 4.79 Å². The van der Waals surface area contributed by atoms with E-state index in [1.165, 1.54) is 4.70 Å². The number of thioether (sulfide) groups is 1. The SMILES string of the molecule is COCCOc1ncccc1NC(=O)c1ccc(CSc2nc3ccccc3s2)cc1. The topological polar surface area (TPSA) is 73.3 Å². The number of benzene rings is 2. The van der Waals surface area contributed by atoms with Crippen LogP contribution in [0.5, 0.6) is 5.88 Å². The van der Waals surface area contributed by atoms with Crippen LogP contribution in [-0.2, 0) is 10.5 Å². The van der Waals surface area contributed by atoms with Crippen LogP contribution < -0.4 is 10.1 Å². The average Bonchev–Trinajstić information content (AvgIpc) is 3.22. The quantitative estimate of drug-likeness (QED) is 0.276. The van der Waals surface area contributed by atoms with Gasteiger partial charge in [-0.1, -0.05) is 36.0 Å². The standard InChI is InChI=1S/C23H21N3O3S2/c1-28-13-14-29-22-19(6-4-12-24-22)25-21(27)17-10-8-16(9-11-17)15-30-23-26-18-5-2-3-7-20(18)31-23/h2-12H,13-15H2,1H3,(H,25,27). The Morgan fingerprint density at radius 2 is 1.90 bits per heavy atom. The van der Waals surface area contributed by atoms with Crippen molar-refractivity contribution in [3.05, 3.63) is 78.0 Å². The van der Waals surface area contributed by atoms with E-state index in [0.717, 1.165) is 21.2 Å². The van der Waals surface area contributed by atoms with Crippen LogP contribution in [0.1, 0.15) is 15.9 Å². The molecule has 4 rings (SSSR count). The summed E-state index contributed by atoms with van der Waals surface area (Å²) in [5.74, 6) is 0.952. The zero-order chi connectivity index (χ0) is 21.5. The number of amides is 1. The Kier molecular flexibility index (Phi) is 7.14. The van der Waals surface area contributed by atoms with Gasteiger partial charge in [-0.2, -0.15) is 0 Å². The van der Waals surface area contributed by atoms with Crippen LogP contribution in [0.15, 0.2) is 71.2 Å². The highest BCUT2D eigenvalue weighted by Crippen LogP contribution is 2.31. The highest BCUT2D eigenvalue weighted by atomic mass is 32.2. The Bertz CT molecular complexity index is 1130. The third-order valence-corrected chi connectivity index (χ3v) is 6.65. The molecule has 0 saturated heterocycles. The van der Waals surface area contributed by atoms with Gasteiger partial charge in [0.05, 0.1) is 16.8 Å². The Balaban J connectivity index is 1.36. The van der Waals surface area contributed by atoms with Gasteiger partial charge >= 0.3 is 0 Å². The fourth-order valence-corrected chi connectivity index (χ4v) is 4.85. The van der Waals surface area contributed by atoms with Crippen LogP contribution in [0.2, 0.25) is 0 Å². The Hall–Kier alpha value is -2.94. The summed E-state index contributed by atoms with van der Waals surface area (Å²) in [4.78, 5) is 21.5. The van der Waals surface area contributed by atoms with Gasteiger partial charge in [-0.25, -0.2) is 9.97 Å². The molecule has 1 amide bonds. The van der Waals surface area contributed by atoms with Gasteiger partial charge in [-0.15, -0.1) is 11.3 Å². The van der Waals surface area contributed by atoms with Crippen molar-refractivity contribution in [2.75, 3.05) is 25.6 Å². The molecule has 0 aliphatic rings. The number of hydrogen-bond acceptors (Lipinski definition) is 7. The fourth-order valence-electron chi connectivity index (χ4n) is 2.83. The highest BCUT2D eigenvalue weighted by Gasteiger charge is 2.11. The first-order valence-corrected chi connectivity index (χ1v) is 11.5. The predicted octanol–water partition coefficient (Wildman–Crippen LogP) is 5.26. The molecule has 31 heavy (non-hydrogen) atoms. The molecule has 0 fully saturated rings. The van der Waals surface area contributed by atoms with E-state index >= 15 is 0 Å². The first kappa shape index (κ1) is 21.3. The molecular weight excluding hydrogens is 430 g/mol. The van der Waals surface area contributed by atoms with Crippen molar-refractivity contribution in [3.8, 4) is 5.88 Å². The second-order valence-corrected chi connectivity index (χ2v) is 8.84. The lowest BCUT2D eigenvalue weighted by Crippen LogP contribution is -2.14. The van der Waals surface area contributed by atoms with Crippen LogP contribution >= 0.6 is 23.1 Å². The van der Waals surface area contributed by atoms with Gasteiger partial charge in [0.1, 0.15) is 12.3 Å². The fraction of sp³-hybridized carbons (Fsp3) is 0.174. The smallest absolute Gasteiger partial charge is 0.255 e. The summed E-state index contributed by atoms with van der Waals surface area (Å²) in [7, 11) is 1.60. The van der Waals surface area contributed by atoms with E-state index in [1.807, 2.05) is 42.5 Å². The van der Waals surface area contributed by atoms with E-state index in [1.54, 1.807) is 48.5 Å². The Morgan fingerprint density at radius 3 is 2.71 bits per heavy atom. The molecule has 8 heteroatoms. The molecular formula is C23H21N3O3S2. The summed E-state index contributed by atoms with van der Waals surface area (Å²) in [6, 6.07) is 19.2. The zero-order valence-corrected chi connectivity index (χ0v) is 18.5. The summed E-state index contributed by atoms with van der Waals surface area (Å²) < 4.78 is 12.8. The van der Waals surface area contributed by atoms with Gasteiger partial charge in [0.15, 0.2) is 4.34 Å². The molecule has 0 unspecified atom stereocenters. The maximum Gasteiger partial charge on any atom is 0.255 e. The molecule has 2 aromatic carbocycles. The second kappa shape index (κ2) is 10.4. The number of thiazole rings is 1. The van der Waals surface area contributed by atoms with E-state index < -0.39 is 0 Å². The van der Waals surface area contributed by atoms with Crippen molar-refractivity contribution in [3.63, 3.8) is 0 Å². The number of hydrogen-bond donors (Lipinski definition) is 1. The molecule has 2 aromatic heterocycles. The number of nitrogens with one attached hydrogen (secondary N) is 1. The predicted molar refractivity (Wildman–Crippen MR) is 125 cm³/mol. The zero-order valence-electron chi connectivity index (χ0n) is 16.9. The lowest BCUT2D eigenvalue weighted by Gasteiger charge is -2.11. The molecule has 158 valence electrons. The molecule has 0 aliphatic carbocycles. The van der Waals surface area contributed by atoms with Crippen molar-refractivity contribution < 1.29 is 14.3 Å². The number of anilines is 1. The number of para-hydroxylation sites is 1. The van der Waals surface area contributed by atoms with Crippen LogP contribution in [0.3, 0.4) is 0 Å². The molecule has 0 saturated carbocycles. The molecule has 0 bridgehead atoms. The third-order valence-electron chi connectivity index (χ3n) is 4.40. The minimum Gasteiger partial charge on any atom is -0.474 e. The monoisotopic (exact) mass is 451 g/mol. The summed E-state index contributed by atoms with van der Waals surface area (Å²) in [5, 5.41) is 2.87. The van der Waals surface area contributed by atoms with Crippen molar-refractivity contribution in [2.24, 2.45) is 0 Å². The van der Waals surface area contributed by atoms with Crippen molar-refractivity contribution in [1.82, 2.24) is 9.97 Å². The van der Waals surface area contributed by atoms with E-state index in [-0.39, 0.29) is 5.91 Å². The minimum atomic E-state index is -0.213. The number of carbonyl (C=O) groups excluding carboxylic acids is 1. The Morgan fingerprint density at radius 1 is 1.06 bits per heavy atom. The summed E-state index contributed by atoms with van der Waals surface area (Å²) in [5.41, 5.74) is 3.26. The minimum absolute atomic E-state index is 0.213. The number of fused-ring (bicyclic) bond motifs is 1. The van der Waals surface area contributed by atoms with Crippen molar-refractivity contribution in [1.29, 1.82) is 0 Å². The van der Waals surface area contributed by atoms with Crippen LogP contribution in [0.4, 0.5) is 5.69 Å². The molecule has 4 aromatic rings. The molecule has 1 N–H and O–H groups in total. The van der Waals surface area contributed by atoms with Gasteiger partial charge in [0.2, 0.25) is 5.88 Å². The third kappa shape index (κ3) is 5.61. The molecule has 0 spiro atoms. The number of carbonyl (C=O) groups is 1. The number of methoxy groups -OCH3 is 1. The van der Waals surface area contributed by atoms with E-state index in [0.29, 0.717) is 30.3 Å². The summed E-state index contributed by atoms with van der Waals surface area (Å²) >= 11 is 3.40. The highest BCUT2D eigenvalue weighted by molar-refractivity contribution is 8.00. The second-order valence-electron chi connectivity index (χ2n) is 6.58. The number of rotatable bonds is 9. The first-order valence-electron chi connectivity index (χ1n) is 9.68. The Labute approximate surface area is 188 Å². The molecule has 2 heterocycles. The lowest BCUT2D eigenvalue weighted by molar-refractivity contribution is 0.102.